The molecular weight excluding hydrogens is 310 g/mol. The fourth-order valence-electron chi connectivity index (χ4n) is 2.77. The normalized spacial score (nSPS) is 17.2. The highest BCUT2D eigenvalue weighted by atomic mass is 32.1. The minimum absolute atomic E-state index is 0.0282. The van der Waals surface area contributed by atoms with Crippen molar-refractivity contribution in [3.8, 4) is 0 Å². The van der Waals surface area contributed by atoms with E-state index >= 15 is 0 Å². The summed E-state index contributed by atoms with van der Waals surface area (Å²) in [6.45, 7) is 7.11. The van der Waals surface area contributed by atoms with Crippen LogP contribution in [0.25, 0.3) is 0 Å². The highest BCUT2D eigenvalue weighted by Crippen LogP contribution is 2.13. The van der Waals surface area contributed by atoms with Gasteiger partial charge in [0.1, 0.15) is 0 Å². The van der Waals surface area contributed by atoms with E-state index in [9.17, 15) is 4.79 Å². The third-order valence-corrected chi connectivity index (χ3v) is 4.87. The van der Waals surface area contributed by atoms with Crippen molar-refractivity contribution in [2.75, 3.05) is 26.2 Å². The maximum Gasteiger partial charge on any atom is 0.317 e. The quantitative estimate of drug-likeness (QED) is 0.909. The van der Waals surface area contributed by atoms with Crippen molar-refractivity contribution in [2.24, 2.45) is 0 Å². The number of amides is 2. The molecule has 1 atom stereocenters. The number of hydrogen-bond donors (Lipinski definition) is 1. The minimum Gasteiger partial charge on any atom is -0.334 e. The van der Waals surface area contributed by atoms with E-state index in [0.717, 1.165) is 32.7 Å². The maximum atomic E-state index is 12.3. The van der Waals surface area contributed by atoms with Gasteiger partial charge in [-0.2, -0.15) is 5.10 Å². The third kappa shape index (κ3) is 4.56. The molecule has 1 fully saturated rings. The second-order valence-electron chi connectivity index (χ2n) is 5.92. The van der Waals surface area contributed by atoms with Crippen LogP contribution in [-0.2, 0) is 13.1 Å². The minimum atomic E-state index is 0.0282. The molecule has 3 rings (SSSR count). The van der Waals surface area contributed by atoms with Gasteiger partial charge in [-0.05, 0) is 24.4 Å². The number of carbonyl (C=O) groups is 1. The van der Waals surface area contributed by atoms with Gasteiger partial charge in [-0.3, -0.25) is 9.58 Å². The highest BCUT2D eigenvalue weighted by Gasteiger charge is 2.22. The van der Waals surface area contributed by atoms with Crippen molar-refractivity contribution < 1.29 is 4.79 Å². The summed E-state index contributed by atoms with van der Waals surface area (Å²) in [4.78, 5) is 18.0. The molecule has 2 aromatic heterocycles. The van der Waals surface area contributed by atoms with Gasteiger partial charge in [0.15, 0.2) is 0 Å². The number of hydrogen-bond acceptors (Lipinski definition) is 4. The largest absolute Gasteiger partial charge is 0.334 e. The first kappa shape index (κ1) is 16.0. The Bertz CT molecular complexity index is 590. The summed E-state index contributed by atoms with van der Waals surface area (Å²) in [7, 11) is 0. The first-order valence-corrected chi connectivity index (χ1v) is 8.86. The van der Waals surface area contributed by atoms with Crippen LogP contribution < -0.4 is 5.32 Å². The number of nitrogens with zero attached hydrogens (tertiary/aromatic N) is 4. The Morgan fingerprint density at radius 2 is 2.17 bits per heavy atom. The molecule has 0 aliphatic carbocycles. The van der Waals surface area contributed by atoms with Crippen LogP contribution in [0.3, 0.4) is 0 Å². The Balaban J connectivity index is 1.41. The van der Waals surface area contributed by atoms with Crippen LogP contribution in [0.2, 0.25) is 0 Å². The molecule has 1 saturated heterocycles. The molecule has 23 heavy (non-hydrogen) atoms. The van der Waals surface area contributed by atoms with Gasteiger partial charge in [-0.1, -0.05) is 6.07 Å². The number of urea groups is 1. The van der Waals surface area contributed by atoms with E-state index in [0.29, 0.717) is 6.54 Å². The zero-order valence-electron chi connectivity index (χ0n) is 13.4. The predicted molar refractivity (Wildman–Crippen MR) is 91.4 cm³/mol. The van der Waals surface area contributed by atoms with Gasteiger partial charge < -0.3 is 10.2 Å². The molecule has 1 aliphatic rings. The molecule has 124 valence electrons. The fraction of sp³-hybridized carbons (Fsp3) is 0.500. The lowest BCUT2D eigenvalue weighted by molar-refractivity contribution is 0.133. The maximum absolute atomic E-state index is 12.3. The van der Waals surface area contributed by atoms with Crippen LogP contribution in [0.5, 0.6) is 0 Å². The highest BCUT2D eigenvalue weighted by molar-refractivity contribution is 7.09. The summed E-state index contributed by atoms with van der Waals surface area (Å²) in [5.74, 6) is 0. The molecule has 0 aromatic carbocycles. The van der Waals surface area contributed by atoms with Crippen LogP contribution in [0.4, 0.5) is 4.79 Å². The smallest absolute Gasteiger partial charge is 0.317 e. The van der Waals surface area contributed by atoms with Gasteiger partial charge in [0, 0.05) is 56.0 Å². The SMILES string of the molecule is C[C@@H](Cn1cccn1)NC(=O)N1CCN(Cc2cccs2)CC1. The summed E-state index contributed by atoms with van der Waals surface area (Å²) in [6.07, 6.45) is 3.66. The molecule has 2 amide bonds. The van der Waals surface area contributed by atoms with Crippen LogP contribution in [0.1, 0.15) is 11.8 Å². The van der Waals surface area contributed by atoms with Crippen LogP contribution in [-0.4, -0.2) is 57.8 Å². The molecule has 6 nitrogen and oxygen atoms in total. The van der Waals surface area contributed by atoms with E-state index in [-0.39, 0.29) is 12.1 Å². The lowest BCUT2D eigenvalue weighted by atomic mass is 10.3. The van der Waals surface area contributed by atoms with Gasteiger partial charge in [0.25, 0.3) is 0 Å². The number of aromatic nitrogens is 2. The molecule has 2 aromatic rings. The lowest BCUT2D eigenvalue weighted by Gasteiger charge is -2.35. The number of rotatable bonds is 5. The topological polar surface area (TPSA) is 53.4 Å². The second kappa shape index (κ2) is 7.61. The third-order valence-electron chi connectivity index (χ3n) is 4.01. The Hall–Kier alpha value is -1.86. The van der Waals surface area contributed by atoms with E-state index < -0.39 is 0 Å². The van der Waals surface area contributed by atoms with E-state index in [2.05, 4.69) is 32.8 Å². The summed E-state index contributed by atoms with van der Waals surface area (Å²) >= 11 is 1.79. The van der Waals surface area contributed by atoms with E-state index in [1.807, 2.05) is 28.8 Å². The van der Waals surface area contributed by atoms with Crippen molar-refractivity contribution in [2.45, 2.75) is 26.1 Å². The van der Waals surface area contributed by atoms with Crippen molar-refractivity contribution in [3.63, 3.8) is 0 Å². The first-order chi connectivity index (χ1) is 11.2. The van der Waals surface area contributed by atoms with Gasteiger partial charge >= 0.3 is 6.03 Å². The molecule has 3 heterocycles. The second-order valence-corrected chi connectivity index (χ2v) is 6.95. The van der Waals surface area contributed by atoms with E-state index in [4.69, 9.17) is 0 Å². The summed E-state index contributed by atoms with van der Waals surface area (Å²) in [6, 6.07) is 6.24. The Morgan fingerprint density at radius 1 is 1.35 bits per heavy atom. The van der Waals surface area contributed by atoms with Crippen molar-refractivity contribution in [1.29, 1.82) is 0 Å². The summed E-state index contributed by atoms with van der Waals surface area (Å²) in [5.41, 5.74) is 0. The average molecular weight is 333 g/mol. The Kier molecular flexibility index (Phi) is 5.30. The number of piperazine rings is 1. The molecule has 7 heteroatoms. The average Bonchev–Trinajstić information content (AvgIpc) is 3.21. The molecule has 0 bridgehead atoms. The summed E-state index contributed by atoms with van der Waals surface area (Å²) in [5, 5.41) is 9.34. The molecule has 0 unspecified atom stereocenters. The van der Waals surface area contributed by atoms with Gasteiger partial charge in [-0.25, -0.2) is 4.79 Å². The van der Waals surface area contributed by atoms with Crippen LogP contribution in [0.15, 0.2) is 36.0 Å². The van der Waals surface area contributed by atoms with E-state index in [1.54, 1.807) is 17.5 Å². The standard InChI is InChI=1S/C16H23N5OS/c1-14(12-21-6-3-5-17-21)18-16(22)20-9-7-19(8-10-20)13-15-4-2-11-23-15/h2-6,11,14H,7-10,12-13H2,1H3,(H,18,22)/t14-/m0/s1. The molecule has 0 saturated carbocycles. The van der Waals surface area contributed by atoms with Gasteiger partial charge in [-0.15, -0.1) is 11.3 Å². The van der Waals surface area contributed by atoms with Crippen molar-refractivity contribution in [1.82, 2.24) is 24.9 Å². The molecule has 0 radical (unpaired) electrons. The number of carbonyl (C=O) groups excluding carboxylic acids is 1. The molecular formula is C16H23N5OS. The first-order valence-electron chi connectivity index (χ1n) is 7.98. The van der Waals surface area contributed by atoms with Crippen molar-refractivity contribution >= 4 is 17.4 Å². The number of nitrogens with one attached hydrogen (secondary N) is 1. The van der Waals surface area contributed by atoms with E-state index in [1.165, 1.54) is 4.88 Å². The van der Waals surface area contributed by atoms with Crippen molar-refractivity contribution in [3.05, 3.63) is 40.8 Å². The van der Waals surface area contributed by atoms with Gasteiger partial charge in [0.05, 0.1) is 6.54 Å². The van der Waals surface area contributed by atoms with Crippen LogP contribution >= 0.6 is 11.3 Å². The lowest BCUT2D eigenvalue weighted by Crippen LogP contribution is -2.53. The predicted octanol–water partition coefficient (Wildman–Crippen LogP) is 1.86. The summed E-state index contributed by atoms with van der Waals surface area (Å²) < 4.78 is 1.84. The molecule has 1 N–H and O–H groups in total. The zero-order chi connectivity index (χ0) is 16.1. The Morgan fingerprint density at radius 3 is 2.83 bits per heavy atom. The van der Waals surface area contributed by atoms with Gasteiger partial charge in [0.2, 0.25) is 0 Å². The molecule has 1 aliphatic heterocycles. The Labute approximate surface area is 140 Å². The number of thiophene rings is 1. The molecule has 0 spiro atoms. The fourth-order valence-corrected chi connectivity index (χ4v) is 3.51. The zero-order valence-corrected chi connectivity index (χ0v) is 14.2. The van der Waals surface area contributed by atoms with Crippen LogP contribution in [0, 0.1) is 0 Å². The monoisotopic (exact) mass is 333 g/mol.